The van der Waals surface area contributed by atoms with Crippen molar-refractivity contribution in [2.45, 2.75) is 0 Å². The maximum absolute atomic E-state index is 5.22. The van der Waals surface area contributed by atoms with Crippen LogP contribution in [0, 0.1) is 0 Å². The van der Waals surface area contributed by atoms with Gasteiger partial charge in [-0.3, -0.25) is 0 Å². The van der Waals surface area contributed by atoms with Gasteiger partial charge < -0.3 is 0 Å². The van der Waals surface area contributed by atoms with Gasteiger partial charge in [-0.2, -0.15) is 0 Å². The van der Waals surface area contributed by atoms with Gasteiger partial charge in [-0.1, -0.05) is 103 Å². The minimum Gasteiger partial charge on any atom is -0.246 e. The summed E-state index contributed by atoms with van der Waals surface area (Å²) < 4.78 is 2.55. The summed E-state index contributed by atoms with van der Waals surface area (Å²) in [5.41, 5.74) is 5.75. The second kappa shape index (κ2) is 7.26. The van der Waals surface area contributed by atoms with Crippen LogP contribution < -0.4 is 0 Å². The van der Waals surface area contributed by atoms with E-state index in [0.717, 1.165) is 16.8 Å². The Balaban J connectivity index is 1.41. The third kappa shape index (κ3) is 2.95. The third-order valence-electron chi connectivity index (χ3n) is 6.46. The van der Waals surface area contributed by atoms with Crippen LogP contribution in [-0.4, -0.2) is 4.98 Å². The highest BCUT2D eigenvalue weighted by Crippen LogP contribution is 2.40. The fraction of sp³-hybridized carbons (Fsp3) is 0. The molecule has 154 valence electrons. The summed E-state index contributed by atoms with van der Waals surface area (Å²) in [7, 11) is 0. The van der Waals surface area contributed by atoms with Gasteiger partial charge in [0.1, 0.15) is 0 Å². The molecular weight excluding hydrogens is 418 g/mol. The van der Waals surface area contributed by atoms with Crippen molar-refractivity contribution < 1.29 is 0 Å². The highest BCUT2D eigenvalue weighted by molar-refractivity contribution is 7.26. The summed E-state index contributed by atoms with van der Waals surface area (Å²) in [4.78, 5) is 5.22. The Kier molecular flexibility index (Phi) is 4.08. The van der Waals surface area contributed by atoms with Gasteiger partial charge in [0.05, 0.1) is 15.9 Å². The van der Waals surface area contributed by atoms with Crippen molar-refractivity contribution in [1.29, 1.82) is 0 Å². The van der Waals surface area contributed by atoms with E-state index in [1.807, 2.05) is 11.3 Å². The lowest BCUT2D eigenvalue weighted by Gasteiger charge is -2.09. The number of pyridine rings is 1. The average Bonchev–Trinajstić information content (AvgIpc) is 3.27. The smallest absolute Gasteiger partial charge is 0.0902 e. The van der Waals surface area contributed by atoms with Gasteiger partial charge in [0.2, 0.25) is 0 Å². The van der Waals surface area contributed by atoms with E-state index in [9.17, 15) is 0 Å². The molecule has 2 aromatic heterocycles. The summed E-state index contributed by atoms with van der Waals surface area (Å²) in [5.74, 6) is 0. The van der Waals surface area contributed by atoms with E-state index >= 15 is 0 Å². The molecule has 0 radical (unpaired) electrons. The standard InChI is InChI=1S/C31H19NS/c1-2-8-23-19-24(18-15-20(23)7-1)21-13-16-22(17-14-21)29-25-9-3-4-10-26(25)31-30(32-29)27-11-5-6-12-28(27)33-31/h1-19H. The first kappa shape index (κ1) is 18.6. The molecule has 0 N–H and O–H groups in total. The summed E-state index contributed by atoms with van der Waals surface area (Å²) in [6.45, 7) is 0. The number of benzene rings is 5. The second-order valence-electron chi connectivity index (χ2n) is 8.42. The predicted molar refractivity (Wildman–Crippen MR) is 143 cm³/mol. The monoisotopic (exact) mass is 437 g/mol. The number of rotatable bonds is 2. The van der Waals surface area contributed by atoms with Gasteiger partial charge in [-0.25, -0.2) is 4.98 Å². The van der Waals surface area contributed by atoms with Crippen molar-refractivity contribution in [1.82, 2.24) is 4.98 Å². The summed E-state index contributed by atoms with van der Waals surface area (Å²) in [6, 6.07) is 41.2. The Hall–Kier alpha value is -4.01. The van der Waals surface area contributed by atoms with Crippen molar-refractivity contribution in [3.63, 3.8) is 0 Å². The first-order chi connectivity index (χ1) is 16.3. The number of hydrogen-bond acceptors (Lipinski definition) is 2. The first-order valence-corrected chi connectivity index (χ1v) is 12.0. The molecule has 0 saturated heterocycles. The first-order valence-electron chi connectivity index (χ1n) is 11.1. The van der Waals surface area contributed by atoms with E-state index in [1.54, 1.807) is 0 Å². The zero-order chi connectivity index (χ0) is 21.8. The summed E-state index contributed by atoms with van der Waals surface area (Å²) in [6.07, 6.45) is 0. The van der Waals surface area contributed by atoms with Gasteiger partial charge in [0.25, 0.3) is 0 Å². The lowest BCUT2D eigenvalue weighted by atomic mass is 9.98. The average molecular weight is 438 g/mol. The molecule has 7 rings (SSSR count). The van der Waals surface area contributed by atoms with Crippen molar-refractivity contribution in [3.05, 3.63) is 115 Å². The lowest BCUT2D eigenvalue weighted by molar-refractivity contribution is 1.44. The molecule has 0 unspecified atom stereocenters. The normalized spacial score (nSPS) is 11.6. The number of hydrogen-bond donors (Lipinski definition) is 0. The molecule has 1 nitrogen and oxygen atoms in total. The van der Waals surface area contributed by atoms with Crippen molar-refractivity contribution in [2.24, 2.45) is 0 Å². The zero-order valence-electron chi connectivity index (χ0n) is 17.8. The zero-order valence-corrected chi connectivity index (χ0v) is 18.6. The minimum absolute atomic E-state index is 1.05. The fourth-order valence-corrected chi connectivity index (χ4v) is 5.98. The molecule has 0 saturated carbocycles. The molecule has 33 heavy (non-hydrogen) atoms. The van der Waals surface area contributed by atoms with Crippen LogP contribution in [0.25, 0.3) is 64.2 Å². The maximum atomic E-state index is 5.22. The molecule has 0 bridgehead atoms. The second-order valence-corrected chi connectivity index (χ2v) is 9.47. The van der Waals surface area contributed by atoms with E-state index < -0.39 is 0 Å². The highest BCUT2D eigenvalue weighted by Gasteiger charge is 2.14. The molecule has 0 spiro atoms. The molecule has 0 amide bonds. The molecule has 0 aliphatic rings. The van der Waals surface area contributed by atoms with E-state index in [1.165, 1.54) is 47.5 Å². The summed E-state index contributed by atoms with van der Waals surface area (Å²) in [5, 5.41) is 6.25. The van der Waals surface area contributed by atoms with E-state index in [0.29, 0.717) is 0 Å². The van der Waals surface area contributed by atoms with Crippen LogP contribution in [0.2, 0.25) is 0 Å². The molecule has 2 heterocycles. The Morgan fingerprint density at radius 2 is 1.12 bits per heavy atom. The third-order valence-corrected chi connectivity index (χ3v) is 7.65. The Morgan fingerprint density at radius 3 is 1.97 bits per heavy atom. The van der Waals surface area contributed by atoms with Crippen LogP contribution in [0.4, 0.5) is 0 Å². The Morgan fingerprint density at radius 1 is 0.485 bits per heavy atom. The number of thiophene rings is 1. The number of aromatic nitrogens is 1. The molecule has 7 aromatic rings. The Bertz CT molecular complexity index is 1810. The quantitative estimate of drug-likeness (QED) is 0.263. The molecular formula is C31H19NS. The van der Waals surface area contributed by atoms with E-state index in [4.69, 9.17) is 4.98 Å². The van der Waals surface area contributed by atoms with E-state index in [-0.39, 0.29) is 0 Å². The van der Waals surface area contributed by atoms with Gasteiger partial charge in [-0.05, 0) is 34.0 Å². The molecule has 0 fully saturated rings. The fourth-order valence-electron chi connectivity index (χ4n) is 4.79. The van der Waals surface area contributed by atoms with E-state index in [2.05, 4.69) is 115 Å². The topological polar surface area (TPSA) is 12.9 Å². The maximum Gasteiger partial charge on any atom is 0.0902 e. The number of fused-ring (bicyclic) bond motifs is 6. The minimum atomic E-state index is 1.05. The molecule has 0 aliphatic carbocycles. The highest BCUT2D eigenvalue weighted by atomic mass is 32.1. The molecule has 0 aliphatic heterocycles. The predicted octanol–water partition coefficient (Wildman–Crippen LogP) is 9.09. The van der Waals surface area contributed by atoms with Crippen LogP contribution in [0.1, 0.15) is 0 Å². The molecule has 0 atom stereocenters. The van der Waals surface area contributed by atoms with Crippen molar-refractivity contribution >= 4 is 53.2 Å². The van der Waals surface area contributed by atoms with Crippen LogP contribution in [-0.2, 0) is 0 Å². The van der Waals surface area contributed by atoms with Crippen LogP contribution >= 0.6 is 11.3 Å². The Labute approximate surface area is 195 Å². The van der Waals surface area contributed by atoms with Gasteiger partial charge >= 0.3 is 0 Å². The lowest BCUT2D eigenvalue weighted by Crippen LogP contribution is -1.88. The van der Waals surface area contributed by atoms with Gasteiger partial charge in [0, 0.05) is 26.4 Å². The molecule has 2 heteroatoms. The molecule has 5 aromatic carbocycles. The number of nitrogens with zero attached hydrogens (tertiary/aromatic N) is 1. The van der Waals surface area contributed by atoms with Gasteiger partial charge in [-0.15, -0.1) is 11.3 Å². The SMILES string of the molecule is c1ccc2cc(-c3ccc(-c4nc5c6ccccc6sc5c5ccccc45)cc3)ccc2c1. The van der Waals surface area contributed by atoms with Crippen LogP contribution in [0.15, 0.2) is 115 Å². The van der Waals surface area contributed by atoms with Crippen LogP contribution in [0.5, 0.6) is 0 Å². The van der Waals surface area contributed by atoms with Crippen molar-refractivity contribution in [3.8, 4) is 22.4 Å². The van der Waals surface area contributed by atoms with Crippen molar-refractivity contribution in [2.75, 3.05) is 0 Å². The van der Waals surface area contributed by atoms with Crippen LogP contribution in [0.3, 0.4) is 0 Å². The summed E-state index contributed by atoms with van der Waals surface area (Å²) >= 11 is 1.83. The largest absolute Gasteiger partial charge is 0.246 e. The van der Waals surface area contributed by atoms with Gasteiger partial charge in [0.15, 0.2) is 0 Å².